The van der Waals surface area contributed by atoms with Crippen LogP contribution in [0, 0.1) is 22.7 Å². The van der Waals surface area contributed by atoms with Crippen LogP contribution in [0.3, 0.4) is 0 Å². The van der Waals surface area contributed by atoms with Gasteiger partial charge in [0.1, 0.15) is 11.1 Å². The Bertz CT molecular complexity index is 889. The van der Waals surface area contributed by atoms with Crippen molar-refractivity contribution in [2.45, 2.75) is 5.03 Å². The number of pyridine rings is 1. The molecule has 0 spiro atoms. The highest BCUT2D eigenvalue weighted by Gasteiger charge is 2.16. The van der Waals surface area contributed by atoms with Crippen molar-refractivity contribution < 1.29 is 0 Å². The lowest BCUT2D eigenvalue weighted by molar-refractivity contribution is 1.12. The van der Waals surface area contributed by atoms with Crippen LogP contribution in [0.25, 0.3) is 21.7 Å². The van der Waals surface area contributed by atoms with Crippen molar-refractivity contribution in [1.29, 1.82) is 10.5 Å². The largest absolute Gasteiger partial charge is 0.240 e. The molecule has 0 atom stereocenters. The van der Waals surface area contributed by atoms with E-state index in [1.165, 1.54) is 11.8 Å². The molecule has 0 N–H and O–H groups in total. The zero-order chi connectivity index (χ0) is 16.1. The number of thiophene rings is 1. The van der Waals surface area contributed by atoms with Gasteiger partial charge in [0.2, 0.25) is 0 Å². The molecule has 1 aromatic carbocycles. The van der Waals surface area contributed by atoms with Crippen LogP contribution >= 0.6 is 23.1 Å². The van der Waals surface area contributed by atoms with Crippen LogP contribution in [-0.4, -0.2) is 10.7 Å². The van der Waals surface area contributed by atoms with Crippen molar-refractivity contribution in [1.82, 2.24) is 4.98 Å². The zero-order valence-corrected chi connectivity index (χ0v) is 13.7. The fraction of sp³-hybridized carbons (Fsp3) is 0.0556. The summed E-state index contributed by atoms with van der Waals surface area (Å²) in [6.07, 6.45) is 0. The molecule has 0 bridgehead atoms. The van der Waals surface area contributed by atoms with Crippen molar-refractivity contribution in [3.8, 4) is 33.8 Å². The molecule has 2 heterocycles. The maximum Gasteiger partial charge on any atom is 0.116 e. The molecule has 0 saturated carbocycles. The minimum atomic E-state index is 0.268. The van der Waals surface area contributed by atoms with E-state index < -0.39 is 0 Å². The van der Waals surface area contributed by atoms with Crippen molar-refractivity contribution in [2.24, 2.45) is 0 Å². The summed E-state index contributed by atoms with van der Waals surface area (Å²) in [4.78, 5) is 5.64. The maximum atomic E-state index is 9.58. The number of thioether (sulfide) groups is 1. The van der Waals surface area contributed by atoms with E-state index >= 15 is 0 Å². The second-order valence-electron chi connectivity index (χ2n) is 4.64. The quantitative estimate of drug-likeness (QED) is 0.633. The lowest BCUT2D eigenvalue weighted by Crippen LogP contribution is -1.95. The lowest BCUT2D eigenvalue weighted by Gasteiger charge is -2.10. The molecule has 0 unspecified atom stereocenters. The molecule has 0 aliphatic rings. The second kappa shape index (κ2) is 7.11. The molecule has 3 nitrogen and oxygen atoms in total. The fourth-order valence-corrected chi connectivity index (χ4v) is 3.63. The third-order valence-corrected chi connectivity index (χ3v) is 4.97. The van der Waals surface area contributed by atoms with Gasteiger partial charge in [-0.2, -0.15) is 10.5 Å². The van der Waals surface area contributed by atoms with E-state index in [1.54, 1.807) is 11.3 Å². The number of benzene rings is 1. The number of aromatic nitrogens is 1. The first-order chi connectivity index (χ1) is 11.3. The van der Waals surface area contributed by atoms with E-state index in [0.717, 1.165) is 21.7 Å². The third kappa shape index (κ3) is 3.27. The molecule has 3 aromatic rings. The minimum Gasteiger partial charge on any atom is -0.240 e. The Morgan fingerprint density at radius 3 is 2.57 bits per heavy atom. The van der Waals surface area contributed by atoms with Gasteiger partial charge in [-0.25, -0.2) is 4.98 Å². The molecule has 5 heteroatoms. The summed E-state index contributed by atoms with van der Waals surface area (Å²) in [6, 6.07) is 20.1. The fourth-order valence-electron chi connectivity index (χ4n) is 2.22. The Morgan fingerprint density at radius 1 is 1.09 bits per heavy atom. The van der Waals surface area contributed by atoms with Gasteiger partial charge in [0, 0.05) is 16.0 Å². The monoisotopic (exact) mass is 333 g/mol. The van der Waals surface area contributed by atoms with E-state index in [2.05, 4.69) is 17.1 Å². The average Bonchev–Trinajstić information content (AvgIpc) is 3.14. The van der Waals surface area contributed by atoms with E-state index in [0.29, 0.717) is 10.6 Å². The number of nitrogens with zero attached hydrogens (tertiary/aromatic N) is 3. The summed E-state index contributed by atoms with van der Waals surface area (Å²) >= 11 is 2.89. The summed E-state index contributed by atoms with van der Waals surface area (Å²) in [6.45, 7) is 0. The standard InChI is InChI=1S/C18H11N3S2/c19-8-10-23-18-15(12-20)14(17-7-4-9-22-17)11-16(21-18)13-5-2-1-3-6-13/h1-7,9,11H,10H2. The molecule has 23 heavy (non-hydrogen) atoms. The van der Waals surface area contributed by atoms with Crippen molar-refractivity contribution in [2.75, 3.05) is 5.75 Å². The Labute approximate surface area is 142 Å². The normalized spacial score (nSPS) is 10.0. The van der Waals surface area contributed by atoms with Crippen LogP contribution in [0.1, 0.15) is 5.56 Å². The highest BCUT2D eigenvalue weighted by Crippen LogP contribution is 2.35. The van der Waals surface area contributed by atoms with E-state index in [9.17, 15) is 5.26 Å². The van der Waals surface area contributed by atoms with Gasteiger partial charge in [0.05, 0.1) is 23.1 Å². The van der Waals surface area contributed by atoms with Gasteiger partial charge in [-0.15, -0.1) is 11.3 Å². The van der Waals surface area contributed by atoms with Gasteiger partial charge in [-0.05, 0) is 17.5 Å². The molecule has 2 aromatic heterocycles. The molecular weight excluding hydrogens is 322 g/mol. The topological polar surface area (TPSA) is 60.5 Å². The molecule has 0 aliphatic carbocycles. The van der Waals surface area contributed by atoms with Gasteiger partial charge in [0.25, 0.3) is 0 Å². The Balaban J connectivity index is 2.21. The molecule has 0 amide bonds. The number of nitriles is 2. The molecule has 0 aliphatic heterocycles. The first-order valence-electron chi connectivity index (χ1n) is 6.87. The summed E-state index contributed by atoms with van der Waals surface area (Å²) in [5, 5.41) is 21.0. The van der Waals surface area contributed by atoms with Crippen LogP contribution in [0.15, 0.2) is 58.9 Å². The SMILES string of the molecule is N#CCSc1nc(-c2ccccc2)cc(-c2cccs2)c1C#N. The Hall–Kier alpha value is -2.60. The first kappa shape index (κ1) is 15.3. The summed E-state index contributed by atoms with van der Waals surface area (Å²) < 4.78 is 0. The third-order valence-electron chi connectivity index (χ3n) is 3.23. The maximum absolute atomic E-state index is 9.58. The predicted octanol–water partition coefficient (Wildman–Crippen LogP) is 4.96. The van der Waals surface area contributed by atoms with Gasteiger partial charge < -0.3 is 0 Å². The molecule has 0 saturated heterocycles. The second-order valence-corrected chi connectivity index (χ2v) is 6.55. The highest BCUT2D eigenvalue weighted by atomic mass is 32.2. The summed E-state index contributed by atoms with van der Waals surface area (Å²) in [5.41, 5.74) is 3.21. The van der Waals surface area contributed by atoms with Crippen molar-refractivity contribution in [3.63, 3.8) is 0 Å². The van der Waals surface area contributed by atoms with E-state index in [1.807, 2.05) is 53.9 Å². The van der Waals surface area contributed by atoms with E-state index in [-0.39, 0.29) is 5.75 Å². The number of rotatable bonds is 4. The van der Waals surface area contributed by atoms with Gasteiger partial charge in [0.15, 0.2) is 0 Å². The molecular formula is C18H11N3S2. The Kier molecular flexibility index (Phi) is 4.73. The number of hydrogen-bond acceptors (Lipinski definition) is 5. The van der Waals surface area contributed by atoms with Crippen LogP contribution in [0.4, 0.5) is 0 Å². The summed E-state index contributed by atoms with van der Waals surface area (Å²) in [7, 11) is 0. The van der Waals surface area contributed by atoms with Crippen LogP contribution < -0.4 is 0 Å². The van der Waals surface area contributed by atoms with Crippen LogP contribution in [0.5, 0.6) is 0 Å². The highest BCUT2D eigenvalue weighted by molar-refractivity contribution is 7.99. The van der Waals surface area contributed by atoms with Crippen molar-refractivity contribution >= 4 is 23.1 Å². The molecule has 0 radical (unpaired) electrons. The minimum absolute atomic E-state index is 0.268. The molecule has 3 rings (SSSR count). The zero-order valence-electron chi connectivity index (χ0n) is 12.1. The van der Waals surface area contributed by atoms with Crippen LogP contribution in [0.2, 0.25) is 0 Å². The van der Waals surface area contributed by atoms with Gasteiger partial charge in [-0.1, -0.05) is 48.2 Å². The number of hydrogen-bond donors (Lipinski definition) is 0. The molecule has 0 fully saturated rings. The lowest BCUT2D eigenvalue weighted by atomic mass is 10.0. The van der Waals surface area contributed by atoms with Gasteiger partial charge >= 0.3 is 0 Å². The average molecular weight is 333 g/mol. The molecule has 110 valence electrons. The van der Waals surface area contributed by atoms with E-state index in [4.69, 9.17) is 5.26 Å². The van der Waals surface area contributed by atoms with Gasteiger partial charge in [-0.3, -0.25) is 0 Å². The van der Waals surface area contributed by atoms with Crippen molar-refractivity contribution in [3.05, 3.63) is 59.5 Å². The van der Waals surface area contributed by atoms with Crippen LogP contribution in [-0.2, 0) is 0 Å². The summed E-state index contributed by atoms with van der Waals surface area (Å²) in [5.74, 6) is 0.268. The smallest absolute Gasteiger partial charge is 0.116 e. The Morgan fingerprint density at radius 2 is 1.91 bits per heavy atom. The predicted molar refractivity (Wildman–Crippen MR) is 94.0 cm³/mol. The first-order valence-corrected chi connectivity index (χ1v) is 8.74.